The van der Waals surface area contributed by atoms with Gasteiger partial charge >= 0.3 is 6.18 Å². The Balaban J connectivity index is 0.000000148. The number of alkyl halides is 3. The number of rotatable bonds is 7. The lowest BCUT2D eigenvalue weighted by molar-refractivity contribution is -0.143. The summed E-state index contributed by atoms with van der Waals surface area (Å²) in [5.74, 6) is -0.109. The van der Waals surface area contributed by atoms with Crippen LogP contribution in [-0.4, -0.2) is 128 Å². The van der Waals surface area contributed by atoms with Crippen LogP contribution in [0.2, 0.25) is 10.3 Å². The molecule has 4 saturated heterocycles. The van der Waals surface area contributed by atoms with Crippen molar-refractivity contribution in [1.29, 1.82) is 0 Å². The minimum Gasteiger partial charge on any atom is -0.381 e. The van der Waals surface area contributed by atoms with E-state index in [-0.39, 0.29) is 73.3 Å². The smallest absolute Gasteiger partial charge is 0.381 e. The molecule has 12 rings (SSSR count). The Morgan fingerprint density at radius 1 is 0.618 bits per heavy atom. The number of nitrogens with two attached hydrogens (primary N) is 2. The number of halogens is 5. The Morgan fingerprint density at radius 2 is 1.09 bits per heavy atom. The largest absolute Gasteiger partial charge is 0.434 e. The summed E-state index contributed by atoms with van der Waals surface area (Å²) in [5, 5.41) is 4.72. The fourth-order valence-corrected chi connectivity index (χ4v) is 12.4. The highest BCUT2D eigenvalue weighted by Gasteiger charge is 2.55. The van der Waals surface area contributed by atoms with Gasteiger partial charge in [-0.2, -0.15) is 13.2 Å². The molecule has 6 aliphatic heterocycles. The van der Waals surface area contributed by atoms with E-state index in [1.54, 1.807) is 60.8 Å². The fraction of sp³-hybridized carbons (Fsp3) is 0.333. The standard InChI is InChI=1S/C26H23F3N6O3S.C16H18N2O3.C9H6Cl2N4S/c27-26(28,29)20-17(6-3-9-31-20)39-22-21(30)33-19(12-32-22)34-10-7-25(8-11-34)14-38-13-18(25)35-23(36)15-4-1-2-5-16(15)24(35)37;19-14-11-3-1-2-4-12(11)15(20)18(14)13-9-21-10-16(13)5-7-17-8-6-16;10-6-4-14-9(8(12)15-6)16-5-2-1-3-13-7(5)11/h1-6,9,12,18H,7-8,10-11,13-14H2,(H2,30,33);1-4,13,17H,5-10H2;1-4H,(H2,12,15). The molecule has 4 amide bonds. The molecule has 394 valence electrons. The van der Waals surface area contributed by atoms with Gasteiger partial charge in [-0.1, -0.05) is 71.0 Å². The minimum absolute atomic E-state index is 0.0165. The van der Waals surface area contributed by atoms with Crippen molar-refractivity contribution >= 4 is 87.8 Å². The van der Waals surface area contributed by atoms with Gasteiger partial charge in [0.1, 0.15) is 26.2 Å². The van der Waals surface area contributed by atoms with Crippen LogP contribution < -0.4 is 21.7 Å². The number of piperidine rings is 2. The molecule has 2 spiro atoms. The lowest BCUT2D eigenvalue weighted by Crippen LogP contribution is -2.54. The van der Waals surface area contributed by atoms with Gasteiger partial charge in [0.15, 0.2) is 17.3 Å². The second-order valence-electron chi connectivity index (χ2n) is 18.7. The fourth-order valence-electron chi connectivity index (χ4n) is 10.4. The highest BCUT2D eigenvalue weighted by atomic mass is 35.5. The van der Waals surface area contributed by atoms with Gasteiger partial charge in [-0.3, -0.25) is 34.0 Å². The van der Waals surface area contributed by atoms with E-state index in [2.05, 4.69) is 35.2 Å². The number of imide groups is 2. The zero-order valence-corrected chi connectivity index (χ0v) is 43.4. The van der Waals surface area contributed by atoms with Crippen LogP contribution in [0.25, 0.3) is 0 Å². The topological polar surface area (TPSA) is 238 Å². The number of anilines is 3. The third kappa shape index (κ3) is 10.4. The molecule has 4 fully saturated rings. The monoisotopic (exact) mass is 1110 g/mol. The predicted octanol–water partition coefficient (Wildman–Crippen LogP) is 7.87. The maximum atomic E-state index is 13.3. The Morgan fingerprint density at radius 3 is 1.59 bits per heavy atom. The summed E-state index contributed by atoms with van der Waals surface area (Å²) < 4.78 is 51.5. The lowest BCUT2D eigenvalue weighted by atomic mass is 9.74. The molecule has 2 unspecified atom stereocenters. The number of hydrogen-bond donors (Lipinski definition) is 3. The molecule has 0 aliphatic carbocycles. The number of amides is 4. The van der Waals surface area contributed by atoms with Crippen LogP contribution >= 0.6 is 46.7 Å². The van der Waals surface area contributed by atoms with Crippen molar-refractivity contribution in [3.05, 3.63) is 136 Å². The zero-order chi connectivity index (χ0) is 53.4. The number of nitrogen functional groups attached to an aromatic ring is 2. The van der Waals surface area contributed by atoms with Crippen molar-refractivity contribution in [1.82, 2.24) is 45.0 Å². The molecule has 76 heavy (non-hydrogen) atoms. The summed E-state index contributed by atoms with van der Waals surface area (Å²) in [5.41, 5.74) is 12.2. The summed E-state index contributed by atoms with van der Waals surface area (Å²) >= 11 is 13.6. The minimum atomic E-state index is -4.61. The summed E-state index contributed by atoms with van der Waals surface area (Å²) in [7, 11) is 0. The molecule has 2 aromatic carbocycles. The molecular formula is C51H47Cl2F3N12O6S2. The molecule has 6 aliphatic rings. The zero-order valence-electron chi connectivity index (χ0n) is 40.2. The van der Waals surface area contributed by atoms with Gasteiger partial charge in [0.05, 0.1) is 78.1 Å². The van der Waals surface area contributed by atoms with E-state index in [9.17, 15) is 32.3 Å². The number of pyridine rings is 2. The molecular weight excluding hydrogens is 1070 g/mol. The highest BCUT2D eigenvalue weighted by molar-refractivity contribution is 7.99. The summed E-state index contributed by atoms with van der Waals surface area (Å²) in [4.78, 5) is 81.1. The van der Waals surface area contributed by atoms with Gasteiger partial charge in [-0.05, 0) is 87.3 Å². The van der Waals surface area contributed by atoms with E-state index < -0.39 is 11.9 Å². The van der Waals surface area contributed by atoms with Crippen LogP contribution in [-0.2, 0) is 15.7 Å². The summed E-state index contributed by atoms with van der Waals surface area (Å²) in [6.07, 6.45) is 4.21. The Labute approximate surface area is 451 Å². The first-order valence-corrected chi connectivity index (χ1v) is 26.4. The van der Waals surface area contributed by atoms with Crippen molar-refractivity contribution in [2.24, 2.45) is 10.8 Å². The van der Waals surface area contributed by atoms with Crippen LogP contribution in [0, 0.1) is 10.8 Å². The first-order chi connectivity index (χ1) is 36.6. The molecule has 6 aromatic rings. The van der Waals surface area contributed by atoms with Crippen molar-refractivity contribution in [2.75, 3.05) is 69.0 Å². The van der Waals surface area contributed by atoms with Gasteiger partial charge in [-0.15, -0.1) is 0 Å². The Kier molecular flexibility index (Phi) is 15.2. The van der Waals surface area contributed by atoms with Gasteiger partial charge in [0, 0.05) is 41.2 Å². The maximum Gasteiger partial charge on any atom is 0.434 e. The maximum absolute atomic E-state index is 13.3. The average Bonchev–Trinajstić information content (AvgIpc) is 4.16. The van der Waals surface area contributed by atoms with Crippen molar-refractivity contribution < 1.29 is 41.8 Å². The molecule has 5 N–H and O–H groups in total. The number of nitrogens with one attached hydrogen (secondary N) is 1. The van der Waals surface area contributed by atoms with Crippen LogP contribution in [0.4, 0.5) is 30.6 Å². The first kappa shape index (κ1) is 52.9. The van der Waals surface area contributed by atoms with E-state index in [1.807, 2.05) is 11.0 Å². The molecule has 4 aromatic heterocycles. The van der Waals surface area contributed by atoms with Gasteiger partial charge < -0.3 is 31.2 Å². The molecule has 2 atom stereocenters. The lowest BCUT2D eigenvalue weighted by Gasteiger charge is -2.44. The van der Waals surface area contributed by atoms with Crippen molar-refractivity contribution in [2.45, 2.75) is 63.8 Å². The summed E-state index contributed by atoms with van der Waals surface area (Å²) in [6.45, 7) is 4.80. The molecule has 10 heterocycles. The quantitative estimate of drug-likeness (QED) is 0.102. The second-order valence-corrected chi connectivity index (χ2v) is 21.5. The first-order valence-electron chi connectivity index (χ1n) is 24.0. The molecule has 0 bridgehead atoms. The van der Waals surface area contributed by atoms with Crippen LogP contribution in [0.1, 0.15) is 72.8 Å². The van der Waals surface area contributed by atoms with Crippen molar-refractivity contribution in [3.8, 4) is 0 Å². The van der Waals surface area contributed by atoms with E-state index in [0.29, 0.717) is 90.6 Å². The predicted molar refractivity (Wildman–Crippen MR) is 276 cm³/mol. The molecule has 25 heteroatoms. The molecule has 0 radical (unpaired) electrons. The molecule has 18 nitrogen and oxygen atoms in total. The number of nitrogens with zero attached hydrogens (tertiary/aromatic N) is 9. The number of ether oxygens (including phenoxy) is 2. The van der Waals surface area contributed by atoms with Crippen molar-refractivity contribution in [3.63, 3.8) is 0 Å². The van der Waals surface area contributed by atoms with E-state index in [0.717, 1.165) is 48.8 Å². The summed E-state index contributed by atoms with van der Waals surface area (Å²) in [6, 6.07) is 19.8. The second kappa shape index (κ2) is 21.9. The Hall–Kier alpha value is -6.47. The number of carbonyl (C=O) groups is 4. The Bertz CT molecular complexity index is 3150. The number of benzene rings is 2. The average molecular weight is 1120 g/mol. The number of fused-ring (bicyclic) bond motifs is 2. The molecule has 0 saturated carbocycles. The number of aromatic nitrogens is 6. The third-order valence-corrected chi connectivity index (χ3v) is 17.1. The van der Waals surface area contributed by atoms with Crippen LogP contribution in [0.15, 0.2) is 117 Å². The van der Waals surface area contributed by atoms with Gasteiger partial charge in [-0.25, -0.2) is 24.9 Å². The SMILES string of the molecule is Nc1nc(Cl)cnc1Sc1cccnc1Cl.Nc1nc(N2CCC3(CC2)COCC3N2C(=O)c3ccccc3C2=O)cnc1Sc1cccnc1C(F)(F)F.O=C1c2ccccc2C(=O)N1C1COCC12CCNCC2. The van der Waals surface area contributed by atoms with E-state index in [4.69, 9.17) is 44.1 Å². The van der Waals surface area contributed by atoms with Crippen LogP contribution in [0.3, 0.4) is 0 Å². The van der Waals surface area contributed by atoms with E-state index >= 15 is 0 Å². The third-order valence-electron chi connectivity index (χ3n) is 14.4. The normalized spacial score (nSPS) is 20.4. The number of carbonyl (C=O) groups excluding carboxylic acids is 4. The van der Waals surface area contributed by atoms with Gasteiger partial charge in [0.2, 0.25) is 0 Å². The van der Waals surface area contributed by atoms with Gasteiger partial charge in [0.25, 0.3) is 23.6 Å². The number of hydrogen-bond acceptors (Lipinski definition) is 18. The van der Waals surface area contributed by atoms with Crippen LogP contribution in [0.5, 0.6) is 0 Å². The highest BCUT2D eigenvalue weighted by Crippen LogP contribution is 2.46. The van der Waals surface area contributed by atoms with E-state index in [1.165, 1.54) is 46.1 Å².